The van der Waals surface area contributed by atoms with Crippen molar-refractivity contribution in [3.8, 4) is 5.75 Å². The van der Waals surface area contributed by atoms with Crippen LogP contribution in [0.15, 0.2) is 24.3 Å². The molecule has 1 aromatic rings. The van der Waals surface area contributed by atoms with Gasteiger partial charge in [0.1, 0.15) is 5.75 Å². The molecule has 0 aromatic heterocycles. The van der Waals surface area contributed by atoms with E-state index in [-0.39, 0.29) is 0 Å². The van der Waals surface area contributed by atoms with Gasteiger partial charge in [-0.25, -0.2) is 0 Å². The van der Waals surface area contributed by atoms with Crippen molar-refractivity contribution in [3.05, 3.63) is 29.8 Å². The molecule has 2 nitrogen and oxygen atoms in total. The number of para-hydroxylation sites is 1. The Morgan fingerprint density at radius 3 is 1.91 bits per heavy atom. The van der Waals surface area contributed by atoms with Crippen molar-refractivity contribution >= 4 is 5.78 Å². The normalized spacial score (nSPS) is 13.4. The van der Waals surface area contributed by atoms with Crippen LogP contribution in [0.1, 0.15) is 10.4 Å². The smallest absolute Gasteiger partial charge is 0.428 e. The maximum Gasteiger partial charge on any atom is 0.461 e. The summed E-state index contributed by atoms with van der Waals surface area (Å²) in [6.45, 7) is 0. The van der Waals surface area contributed by atoms with Gasteiger partial charge in [-0.3, -0.25) is 4.79 Å². The molecule has 0 aliphatic heterocycles. The Bertz CT molecular complexity index is 551. The molecule has 124 valence electrons. The van der Waals surface area contributed by atoms with Crippen molar-refractivity contribution in [2.45, 2.75) is 24.6 Å². The number of benzene rings is 1. The minimum absolute atomic E-state index is 0.318. The quantitative estimate of drug-likeness (QED) is 0.590. The van der Waals surface area contributed by atoms with E-state index in [4.69, 9.17) is 0 Å². The number of halogens is 9. The molecule has 1 aromatic carbocycles. The molecule has 22 heavy (non-hydrogen) atoms. The third-order valence-corrected chi connectivity index (χ3v) is 2.27. The highest BCUT2D eigenvalue weighted by Gasteiger charge is 2.63. The SMILES string of the molecule is O=C(c1ccccc1OC(F)(F)C(F)F)C(F)(F)C(F)(F)F. The summed E-state index contributed by atoms with van der Waals surface area (Å²) in [5.74, 6) is -10.3. The number of hydrogen-bond acceptors (Lipinski definition) is 2. The zero-order valence-corrected chi connectivity index (χ0v) is 10.1. The molecule has 0 bridgehead atoms. The molecule has 0 spiro atoms. The van der Waals surface area contributed by atoms with Gasteiger partial charge >= 0.3 is 24.6 Å². The summed E-state index contributed by atoms with van der Waals surface area (Å²) < 4.78 is 115. The van der Waals surface area contributed by atoms with E-state index in [9.17, 15) is 44.3 Å². The lowest BCUT2D eigenvalue weighted by molar-refractivity contribution is -0.257. The average Bonchev–Trinajstić information content (AvgIpc) is 2.36. The first-order valence-electron chi connectivity index (χ1n) is 5.24. The molecule has 0 aliphatic rings. The van der Waals surface area contributed by atoms with E-state index in [0.29, 0.717) is 12.1 Å². The third kappa shape index (κ3) is 3.45. The molecule has 11 heteroatoms. The second-order valence-corrected chi connectivity index (χ2v) is 3.86. The number of rotatable bonds is 5. The highest BCUT2D eigenvalue weighted by Crippen LogP contribution is 2.40. The number of Topliss-reactive ketones (excluding diaryl/α,β-unsaturated/α-hetero) is 1. The Hall–Kier alpha value is -1.94. The molecule has 1 rings (SSSR count). The number of ketones is 1. The van der Waals surface area contributed by atoms with E-state index in [1.807, 2.05) is 0 Å². The maximum atomic E-state index is 12.9. The van der Waals surface area contributed by atoms with Gasteiger partial charge in [0.25, 0.3) is 0 Å². The summed E-state index contributed by atoms with van der Waals surface area (Å²) in [4.78, 5) is 11.2. The monoisotopic (exact) mass is 340 g/mol. The lowest BCUT2D eigenvalue weighted by Crippen LogP contribution is -2.44. The van der Waals surface area contributed by atoms with Crippen LogP contribution in [-0.4, -0.2) is 30.4 Å². The van der Waals surface area contributed by atoms with Crippen molar-refractivity contribution < 1.29 is 49.0 Å². The molecular weight excluding hydrogens is 335 g/mol. The molecule has 0 aliphatic carbocycles. The average molecular weight is 340 g/mol. The number of carbonyl (C=O) groups is 1. The van der Waals surface area contributed by atoms with E-state index in [1.165, 1.54) is 0 Å². The molecule has 0 amide bonds. The van der Waals surface area contributed by atoms with Crippen LogP contribution in [0.4, 0.5) is 39.5 Å². The highest BCUT2D eigenvalue weighted by molar-refractivity contribution is 6.04. The number of hydrogen-bond donors (Lipinski definition) is 0. The van der Waals surface area contributed by atoms with Crippen LogP contribution in [0.25, 0.3) is 0 Å². The lowest BCUT2D eigenvalue weighted by Gasteiger charge is -2.21. The predicted molar refractivity (Wildman–Crippen MR) is 53.4 cm³/mol. The fourth-order valence-corrected chi connectivity index (χ4v) is 1.23. The van der Waals surface area contributed by atoms with Crippen LogP contribution in [0, 0.1) is 0 Å². The summed E-state index contributed by atoms with van der Waals surface area (Å²) in [6.07, 6.45) is -15.9. The molecule has 0 heterocycles. The summed E-state index contributed by atoms with van der Waals surface area (Å²) in [5.41, 5.74) is -1.61. The van der Waals surface area contributed by atoms with Crippen molar-refractivity contribution in [1.82, 2.24) is 0 Å². The van der Waals surface area contributed by atoms with Gasteiger partial charge in [0.2, 0.25) is 5.78 Å². The van der Waals surface area contributed by atoms with Crippen molar-refractivity contribution in [2.75, 3.05) is 0 Å². The second-order valence-electron chi connectivity index (χ2n) is 3.86. The van der Waals surface area contributed by atoms with Crippen LogP contribution in [-0.2, 0) is 0 Å². The first-order valence-corrected chi connectivity index (χ1v) is 5.24. The Kier molecular flexibility index (Phi) is 4.68. The van der Waals surface area contributed by atoms with E-state index < -0.39 is 41.7 Å². The minimum Gasteiger partial charge on any atom is -0.428 e. The summed E-state index contributed by atoms with van der Waals surface area (Å²) in [5, 5.41) is 0. The standard InChI is InChI=1S/C11H5F9O2/c12-8(13)10(16,17)22-6-4-2-1-3-5(6)7(21)9(14,15)11(18,19)20/h1-4,8H. The third-order valence-electron chi connectivity index (χ3n) is 2.27. The van der Waals surface area contributed by atoms with Gasteiger partial charge in [-0.1, -0.05) is 12.1 Å². The fourth-order valence-electron chi connectivity index (χ4n) is 1.23. The molecule has 0 atom stereocenters. The van der Waals surface area contributed by atoms with Crippen molar-refractivity contribution in [3.63, 3.8) is 0 Å². The largest absolute Gasteiger partial charge is 0.461 e. The lowest BCUT2D eigenvalue weighted by atomic mass is 10.0. The molecule has 0 radical (unpaired) electrons. The van der Waals surface area contributed by atoms with E-state index >= 15 is 0 Å². The molecule has 0 saturated carbocycles. The first-order chi connectivity index (χ1) is 9.80. The van der Waals surface area contributed by atoms with Crippen LogP contribution < -0.4 is 4.74 Å². The van der Waals surface area contributed by atoms with Gasteiger partial charge in [-0.15, -0.1) is 0 Å². The summed E-state index contributed by atoms with van der Waals surface area (Å²) in [7, 11) is 0. The van der Waals surface area contributed by atoms with E-state index in [2.05, 4.69) is 4.74 Å². The summed E-state index contributed by atoms with van der Waals surface area (Å²) >= 11 is 0. The van der Waals surface area contributed by atoms with Crippen LogP contribution >= 0.6 is 0 Å². The first kappa shape index (κ1) is 18.1. The van der Waals surface area contributed by atoms with Gasteiger partial charge < -0.3 is 4.74 Å². The maximum absolute atomic E-state index is 12.9. The minimum atomic E-state index is -6.29. The van der Waals surface area contributed by atoms with Crippen molar-refractivity contribution in [2.24, 2.45) is 0 Å². The van der Waals surface area contributed by atoms with Crippen LogP contribution in [0.2, 0.25) is 0 Å². The molecule has 0 saturated heterocycles. The van der Waals surface area contributed by atoms with E-state index in [1.54, 1.807) is 0 Å². The Balaban J connectivity index is 3.26. The van der Waals surface area contributed by atoms with Crippen LogP contribution in [0.3, 0.4) is 0 Å². The zero-order valence-electron chi connectivity index (χ0n) is 10.1. The van der Waals surface area contributed by atoms with Gasteiger partial charge in [0.05, 0.1) is 5.56 Å². The van der Waals surface area contributed by atoms with Crippen molar-refractivity contribution in [1.29, 1.82) is 0 Å². The Morgan fingerprint density at radius 2 is 1.45 bits per heavy atom. The Morgan fingerprint density at radius 1 is 0.955 bits per heavy atom. The van der Waals surface area contributed by atoms with Gasteiger partial charge in [-0.05, 0) is 12.1 Å². The highest BCUT2D eigenvalue weighted by atomic mass is 19.4. The van der Waals surface area contributed by atoms with Gasteiger partial charge in [0, 0.05) is 0 Å². The molecule has 0 unspecified atom stereocenters. The number of alkyl halides is 9. The topological polar surface area (TPSA) is 26.3 Å². The molecular formula is C11H5F9O2. The molecule has 0 N–H and O–H groups in total. The molecule has 0 fully saturated rings. The summed E-state index contributed by atoms with van der Waals surface area (Å²) in [6, 6.07) is 2.29. The fraction of sp³-hybridized carbons (Fsp3) is 0.364. The Labute approximate surface area is 116 Å². The van der Waals surface area contributed by atoms with Gasteiger partial charge in [0.15, 0.2) is 0 Å². The zero-order chi connectivity index (χ0) is 17.3. The number of ether oxygens (including phenoxy) is 1. The predicted octanol–water partition coefficient (Wildman–Crippen LogP) is 4.30. The van der Waals surface area contributed by atoms with Gasteiger partial charge in [-0.2, -0.15) is 39.5 Å². The van der Waals surface area contributed by atoms with E-state index in [0.717, 1.165) is 12.1 Å². The van der Waals surface area contributed by atoms with Crippen LogP contribution in [0.5, 0.6) is 5.75 Å². The number of carbonyl (C=O) groups excluding carboxylic acids is 1. The second kappa shape index (κ2) is 5.69.